The second-order valence-corrected chi connectivity index (χ2v) is 19.2. The third kappa shape index (κ3) is 53.9. The Kier molecular flexibility index (Phi) is 53.3. The van der Waals surface area contributed by atoms with Crippen molar-refractivity contribution in [2.24, 2.45) is 0 Å². The molecule has 0 radical (unpaired) electrons. The molecule has 0 aliphatic rings. The Morgan fingerprint density at radius 3 is 0.925 bits per heavy atom. The first kappa shape index (κ1) is 64.1. The molecule has 0 spiro atoms. The van der Waals surface area contributed by atoms with Gasteiger partial charge in [0.25, 0.3) is 0 Å². The lowest BCUT2D eigenvalue weighted by molar-refractivity contribution is -0.167. The lowest BCUT2D eigenvalue weighted by Crippen LogP contribution is -2.30. The molecule has 6 heteroatoms. The number of hydrogen-bond acceptors (Lipinski definition) is 6. The van der Waals surface area contributed by atoms with Gasteiger partial charge in [-0.15, -0.1) is 0 Å². The smallest absolute Gasteiger partial charge is 0.306 e. The zero-order valence-electron chi connectivity index (χ0n) is 44.4. The largest absolute Gasteiger partial charge is 0.462 e. The average molecular weight is 938 g/mol. The molecule has 0 rings (SSSR count). The summed E-state index contributed by atoms with van der Waals surface area (Å²) in [5.74, 6) is -0.901. The summed E-state index contributed by atoms with van der Waals surface area (Å²) >= 11 is 0. The van der Waals surface area contributed by atoms with Crippen molar-refractivity contribution in [3.63, 3.8) is 0 Å². The van der Waals surface area contributed by atoms with Gasteiger partial charge in [0.1, 0.15) is 13.2 Å². The zero-order valence-corrected chi connectivity index (χ0v) is 44.4. The van der Waals surface area contributed by atoms with Gasteiger partial charge in [0.2, 0.25) is 0 Å². The first-order valence-electron chi connectivity index (χ1n) is 28.8. The van der Waals surface area contributed by atoms with Gasteiger partial charge in [-0.05, 0) is 103 Å². The fraction of sp³-hybridized carbons (Fsp3) is 0.787. The van der Waals surface area contributed by atoms with Gasteiger partial charge in [-0.3, -0.25) is 14.4 Å². The molecule has 0 aliphatic heterocycles. The van der Waals surface area contributed by atoms with Crippen LogP contribution in [0, 0.1) is 0 Å². The van der Waals surface area contributed by atoms with Gasteiger partial charge in [-0.2, -0.15) is 0 Å². The van der Waals surface area contributed by atoms with Crippen LogP contribution < -0.4 is 0 Å². The molecule has 0 heterocycles. The van der Waals surface area contributed by atoms with E-state index in [1.54, 1.807) is 0 Å². The third-order valence-electron chi connectivity index (χ3n) is 12.5. The van der Waals surface area contributed by atoms with E-state index in [-0.39, 0.29) is 31.1 Å². The van der Waals surface area contributed by atoms with Crippen LogP contribution in [0.4, 0.5) is 0 Å². The molecule has 0 amide bonds. The molecule has 1 unspecified atom stereocenters. The van der Waals surface area contributed by atoms with Crippen molar-refractivity contribution in [2.75, 3.05) is 13.2 Å². The van der Waals surface area contributed by atoms with Gasteiger partial charge in [0.05, 0.1) is 0 Å². The second kappa shape index (κ2) is 55.7. The maximum atomic E-state index is 12.8. The Morgan fingerprint density at radius 2 is 0.582 bits per heavy atom. The maximum absolute atomic E-state index is 12.8. The molecule has 6 nitrogen and oxygen atoms in total. The van der Waals surface area contributed by atoms with Gasteiger partial charge in [0, 0.05) is 19.3 Å². The van der Waals surface area contributed by atoms with Crippen molar-refractivity contribution < 1.29 is 28.6 Å². The molecule has 0 aliphatic carbocycles. The van der Waals surface area contributed by atoms with E-state index >= 15 is 0 Å². The van der Waals surface area contributed by atoms with Crippen LogP contribution in [0.25, 0.3) is 0 Å². The van der Waals surface area contributed by atoms with Crippen LogP contribution in [-0.4, -0.2) is 37.2 Å². The minimum Gasteiger partial charge on any atom is -0.462 e. The highest BCUT2D eigenvalue weighted by atomic mass is 16.6. The Morgan fingerprint density at radius 1 is 0.313 bits per heavy atom. The number of unbranched alkanes of at least 4 members (excludes halogenated alkanes) is 31. The first-order valence-corrected chi connectivity index (χ1v) is 28.8. The number of carbonyl (C=O) groups is 3. The van der Waals surface area contributed by atoms with Crippen molar-refractivity contribution in [2.45, 2.75) is 297 Å². The molecule has 1 atom stereocenters. The van der Waals surface area contributed by atoms with E-state index in [9.17, 15) is 14.4 Å². The SMILES string of the molecule is CC/C=C\C/C=C\C/C=C\CCCCCCCC(=O)OC(COC(=O)CCCCCCC/C=C\CCCCCCCC)COC(=O)CCCCCCCCCCC/C=C\CCCCCCCC. The summed E-state index contributed by atoms with van der Waals surface area (Å²) in [7, 11) is 0. The molecule has 0 bridgehead atoms. The molecule has 0 N–H and O–H groups in total. The Hall–Kier alpha value is -2.89. The average Bonchev–Trinajstić information content (AvgIpc) is 3.33. The quantitative estimate of drug-likeness (QED) is 0.0262. The molecule has 388 valence electrons. The number of carbonyl (C=O) groups excluding carboxylic acids is 3. The standard InChI is InChI=1S/C61H108O6/c1-4-7-10-13-16-19-22-25-28-29-30-31-34-36-39-42-45-48-51-54-60(63)66-57-58(67-61(64)55-52-49-46-43-40-37-33-27-24-21-18-15-12-9-6-3)56-65-59(62)53-50-47-44-41-38-35-32-26-23-20-17-14-11-8-5-2/h9,12,18,21,25-28,32-33,58H,4-8,10-11,13-17,19-20,22-24,29-31,34-57H2,1-3H3/b12-9-,21-18-,28-25-,32-26-,33-27-. The number of rotatable bonds is 52. The van der Waals surface area contributed by atoms with Crippen molar-refractivity contribution >= 4 is 17.9 Å². The minimum absolute atomic E-state index is 0.0839. The highest BCUT2D eigenvalue weighted by Gasteiger charge is 2.19. The lowest BCUT2D eigenvalue weighted by atomic mass is 10.1. The van der Waals surface area contributed by atoms with E-state index in [0.717, 1.165) is 103 Å². The summed E-state index contributed by atoms with van der Waals surface area (Å²) < 4.78 is 16.9. The van der Waals surface area contributed by atoms with Crippen molar-refractivity contribution in [1.29, 1.82) is 0 Å². The van der Waals surface area contributed by atoms with Crippen molar-refractivity contribution in [3.8, 4) is 0 Å². The summed E-state index contributed by atoms with van der Waals surface area (Å²) in [6, 6.07) is 0. The predicted molar refractivity (Wildman–Crippen MR) is 288 cm³/mol. The summed E-state index contributed by atoms with van der Waals surface area (Å²) in [5, 5.41) is 0. The monoisotopic (exact) mass is 937 g/mol. The van der Waals surface area contributed by atoms with Crippen molar-refractivity contribution in [3.05, 3.63) is 60.8 Å². The number of hydrogen-bond donors (Lipinski definition) is 0. The molecule has 0 aromatic carbocycles. The molecule has 0 saturated carbocycles. The molecule has 0 saturated heterocycles. The van der Waals surface area contributed by atoms with Gasteiger partial charge in [0.15, 0.2) is 6.10 Å². The van der Waals surface area contributed by atoms with Gasteiger partial charge < -0.3 is 14.2 Å². The van der Waals surface area contributed by atoms with Gasteiger partial charge in [-0.25, -0.2) is 0 Å². The van der Waals surface area contributed by atoms with Crippen LogP contribution in [-0.2, 0) is 28.6 Å². The fourth-order valence-electron chi connectivity index (χ4n) is 8.15. The number of esters is 3. The predicted octanol–water partition coefficient (Wildman–Crippen LogP) is 19.2. The molecule has 0 aromatic rings. The van der Waals surface area contributed by atoms with Gasteiger partial charge >= 0.3 is 17.9 Å². The molecule has 67 heavy (non-hydrogen) atoms. The summed E-state index contributed by atoms with van der Waals surface area (Å²) in [5.41, 5.74) is 0. The highest BCUT2D eigenvalue weighted by Crippen LogP contribution is 2.15. The van der Waals surface area contributed by atoms with E-state index in [2.05, 4.69) is 81.5 Å². The van der Waals surface area contributed by atoms with Crippen LogP contribution in [0.3, 0.4) is 0 Å². The van der Waals surface area contributed by atoms with E-state index in [1.807, 2.05) is 0 Å². The van der Waals surface area contributed by atoms with E-state index in [1.165, 1.54) is 148 Å². The zero-order chi connectivity index (χ0) is 48.6. The Bertz CT molecular complexity index is 1210. The molecule has 0 aromatic heterocycles. The highest BCUT2D eigenvalue weighted by molar-refractivity contribution is 5.71. The molecular formula is C61H108O6. The van der Waals surface area contributed by atoms with Gasteiger partial charge in [-0.1, -0.05) is 229 Å². The van der Waals surface area contributed by atoms with Crippen LogP contribution >= 0.6 is 0 Å². The summed E-state index contributed by atoms with van der Waals surface area (Å²) in [6.45, 7) is 6.52. The molecular weight excluding hydrogens is 829 g/mol. The topological polar surface area (TPSA) is 78.9 Å². The van der Waals surface area contributed by atoms with Crippen LogP contribution in [0.1, 0.15) is 290 Å². The Balaban J connectivity index is 4.38. The van der Waals surface area contributed by atoms with E-state index in [0.29, 0.717) is 19.3 Å². The third-order valence-corrected chi connectivity index (χ3v) is 12.5. The fourth-order valence-corrected chi connectivity index (χ4v) is 8.15. The first-order chi connectivity index (χ1) is 33.0. The van der Waals surface area contributed by atoms with Crippen LogP contribution in [0.5, 0.6) is 0 Å². The number of ether oxygens (including phenoxy) is 3. The second-order valence-electron chi connectivity index (χ2n) is 19.2. The maximum Gasteiger partial charge on any atom is 0.306 e. The minimum atomic E-state index is -0.787. The van der Waals surface area contributed by atoms with E-state index < -0.39 is 6.10 Å². The van der Waals surface area contributed by atoms with Crippen LogP contribution in [0.2, 0.25) is 0 Å². The summed E-state index contributed by atoms with van der Waals surface area (Å²) in [4.78, 5) is 38.1. The number of allylic oxidation sites excluding steroid dienone is 10. The van der Waals surface area contributed by atoms with E-state index in [4.69, 9.17) is 14.2 Å². The summed E-state index contributed by atoms with van der Waals surface area (Å²) in [6.07, 6.45) is 69.2. The van der Waals surface area contributed by atoms with Crippen LogP contribution in [0.15, 0.2) is 60.8 Å². The normalized spacial score (nSPS) is 12.5. The lowest BCUT2D eigenvalue weighted by Gasteiger charge is -2.18. The van der Waals surface area contributed by atoms with Crippen molar-refractivity contribution in [1.82, 2.24) is 0 Å². The molecule has 0 fully saturated rings. The Labute approximate surface area is 415 Å².